The van der Waals surface area contributed by atoms with Crippen molar-refractivity contribution in [2.24, 2.45) is 0 Å². The van der Waals surface area contributed by atoms with Gasteiger partial charge in [-0.05, 0) is 54.1 Å². The summed E-state index contributed by atoms with van der Waals surface area (Å²) in [6, 6.07) is 21.8. The summed E-state index contributed by atoms with van der Waals surface area (Å²) >= 11 is 0. The number of rotatable bonds is 8. The van der Waals surface area contributed by atoms with Crippen molar-refractivity contribution in [3.63, 3.8) is 0 Å². The van der Waals surface area contributed by atoms with Crippen molar-refractivity contribution in [3.8, 4) is 28.6 Å². The minimum absolute atomic E-state index is 0.203. The Morgan fingerprint density at radius 1 is 1.04 bits per heavy atom. The molecule has 0 unspecified atom stereocenters. The first-order chi connectivity index (χ1) is 22.0. The van der Waals surface area contributed by atoms with Crippen LogP contribution in [0.4, 0.5) is 5.82 Å². The first kappa shape index (κ1) is 27.5. The summed E-state index contributed by atoms with van der Waals surface area (Å²) in [5.41, 5.74) is 11.0. The second kappa shape index (κ2) is 11.4. The molecule has 0 bridgehead atoms. The van der Waals surface area contributed by atoms with E-state index in [1.807, 2.05) is 65.4 Å². The normalized spacial score (nSPS) is 13.6. The van der Waals surface area contributed by atoms with Crippen molar-refractivity contribution in [1.82, 2.24) is 39.9 Å². The molecule has 7 rings (SSSR count). The molecule has 0 saturated heterocycles. The number of hydrogen-bond donors (Lipinski definition) is 3. The molecule has 4 N–H and O–H groups in total. The first-order valence-corrected chi connectivity index (χ1v) is 14.2. The summed E-state index contributed by atoms with van der Waals surface area (Å²) in [5, 5.41) is 10.1. The number of benzene rings is 2. The van der Waals surface area contributed by atoms with E-state index in [0.717, 1.165) is 11.3 Å². The van der Waals surface area contributed by atoms with Crippen molar-refractivity contribution >= 4 is 28.8 Å². The summed E-state index contributed by atoms with van der Waals surface area (Å²) in [5.74, 6) is 1.58. The van der Waals surface area contributed by atoms with Crippen molar-refractivity contribution in [3.05, 3.63) is 121 Å². The highest BCUT2D eigenvalue weighted by molar-refractivity contribution is 5.96. The highest BCUT2D eigenvalue weighted by Crippen LogP contribution is 2.37. The number of ether oxygens (including phenoxy) is 1. The van der Waals surface area contributed by atoms with Crippen molar-refractivity contribution in [2.75, 3.05) is 12.3 Å². The van der Waals surface area contributed by atoms with Crippen molar-refractivity contribution < 1.29 is 14.3 Å². The SMILES string of the molecule is C=CC(=O)NCc1ccccc1C(=O)N[C@H]1COc2cc(-n3c(-c4cccnc4N)nc4ccc(-n5cccn5)nc43)ccc21. The predicted octanol–water partition coefficient (Wildman–Crippen LogP) is 3.92. The third kappa shape index (κ3) is 5.14. The molecule has 0 spiro atoms. The van der Waals surface area contributed by atoms with Gasteiger partial charge in [-0.25, -0.2) is 19.6 Å². The second-order valence-electron chi connectivity index (χ2n) is 10.3. The van der Waals surface area contributed by atoms with Gasteiger partial charge in [-0.3, -0.25) is 14.2 Å². The summed E-state index contributed by atoms with van der Waals surface area (Å²) in [7, 11) is 0. The quantitative estimate of drug-likeness (QED) is 0.223. The molecule has 1 aliphatic rings. The molecule has 5 heterocycles. The molecule has 2 amide bonds. The van der Waals surface area contributed by atoms with Gasteiger partial charge in [0, 0.05) is 42.3 Å². The van der Waals surface area contributed by atoms with Crippen LogP contribution >= 0.6 is 0 Å². The molecular formula is C33H27N9O3. The van der Waals surface area contributed by atoms with Crippen molar-refractivity contribution in [2.45, 2.75) is 12.6 Å². The van der Waals surface area contributed by atoms with Gasteiger partial charge in [0.2, 0.25) is 5.91 Å². The van der Waals surface area contributed by atoms with Gasteiger partial charge in [0.05, 0.1) is 17.3 Å². The van der Waals surface area contributed by atoms with E-state index in [4.69, 9.17) is 20.4 Å². The number of nitrogens with zero attached hydrogens (tertiary/aromatic N) is 6. The number of anilines is 1. The number of pyridine rings is 2. The number of hydrogen-bond acceptors (Lipinski definition) is 8. The van der Waals surface area contributed by atoms with Crippen molar-refractivity contribution in [1.29, 1.82) is 0 Å². The zero-order valence-corrected chi connectivity index (χ0v) is 23.9. The summed E-state index contributed by atoms with van der Waals surface area (Å²) < 4.78 is 9.68. The van der Waals surface area contributed by atoms with Crippen LogP contribution in [0.25, 0.3) is 34.1 Å². The smallest absolute Gasteiger partial charge is 0.252 e. The lowest BCUT2D eigenvalue weighted by molar-refractivity contribution is -0.116. The van der Waals surface area contributed by atoms with Crippen LogP contribution in [0.15, 0.2) is 104 Å². The number of nitrogens with one attached hydrogen (secondary N) is 2. The Morgan fingerprint density at radius 3 is 2.76 bits per heavy atom. The van der Waals surface area contributed by atoms with Crippen LogP contribution in [0, 0.1) is 0 Å². The fourth-order valence-corrected chi connectivity index (χ4v) is 5.35. The highest BCUT2D eigenvalue weighted by atomic mass is 16.5. The Morgan fingerprint density at radius 2 is 1.93 bits per heavy atom. The van der Waals surface area contributed by atoms with Crippen LogP contribution in [0.2, 0.25) is 0 Å². The van der Waals surface area contributed by atoms with E-state index in [1.165, 1.54) is 6.08 Å². The maximum absolute atomic E-state index is 13.4. The molecule has 12 heteroatoms. The van der Waals surface area contributed by atoms with Gasteiger partial charge in [-0.1, -0.05) is 30.8 Å². The van der Waals surface area contributed by atoms with Crippen LogP contribution < -0.4 is 21.1 Å². The van der Waals surface area contributed by atoms with Crippen LogP contribution in [-0.2, 0) is 11.3 Å². The Hall–Kier alpha value is -6.30. The molecular weight excluding hydrogens is 570 g/mol. The van der Waals surface area contributed by atoms with Gasteiger partial charge in [0.15, 0.2) is 17.3 Å². The molecule has 1 aliphatic heterocycles. The minimum atomic E-state index is -0.380. The van der Waals surface area contributed by atoms with Gasteiger partial charge >= 0.3 is 0 Å². The Bertz CT molecular complexity index is 2090. The number of fused-ring (bicyclic) bond motifs is 2. The lowest BCUT2D eigenvalue weighted by Gasteiger charge is -2.15. The lowest BCUT2D eigenvalue weighted by Crippen LogP contribution is -2.31. The number of aromatic nitrogens is 6. The molecule has 2 aromatic carbocycles. The van der Waals surface area contributed by atoms with Crippen LogP contribution in [0.3, 0.4) is 0 Å². The van der Waals surface area contributed by atoms with E-state index in [1.54, 1.807) is 35.3 Å². The summed E-state index contributed by atoms with van der Waals surface area (Å²) in [6.45, 7) is 3.93. The fraction of sp³-hybridized carbons (Fsp3) is 0.0909. The van der Waals surface area contributed by atoms with Gasteiger partial charge in [-0.15, -0.1) is 0 Å². The Balaban J connectivity index is 1.24. The van der Waals surface area contributed by atoms with E-state index in [-0.39, 0.29) is 31.0 Å². The number of nitrogen functional groups attached to an aromatic ring is 1. The summed E-state index contributed by atoms with van der Waals surface area (Å²) in [6.07, 6.45) is 6.34. The van der Waals surface area contributed by atoms with E-state index in [9.17, 15) is 9.59 Å². The van der Waals surface area contributed by atoms with E-state index >= 15 is 0 Å². The highest BCUT2D eigenvalue weighted by Gasteiger charge is 2.28. The average molecular weight is 598 g/mol. The molecule has 0 fully saturated rings. The van der Waals surface area contributed by atoms with E-state index in [2.05, 4.69) is 27.3 Å². The molecule has 6 aromatic rings. The standard InChI is InChI=1S/C33H27N9O3/c1-2-29(43)36-18-20-7-3-4-8-22(20)33(44)39-26-19-45-27-17-21(10-11-23(26)27)42-31(24-9-5-14-35-30(24)34)38-25-12-13-28(40-32(25)42)41-16-6-15-37-41/h2-17,26H,1,18-19H2,(H2,34,35)(H,36,43)(H,39,44)/t26-/m0/s1. The third-order valence-corrected chi connectivity index (χ3v) is 7.55. The maximum Gasteiger partial charge on any atom is 0.252 e. The predicted molar refractivity (Wildman–Crippen MR) is 168 cm³/mol. The molecule has 1 atom stereocenters. The van der Waals surface area contributed by atoms with Crippen LogP contribution in [-0.4, -0.2) is 47.7 Å². The zero-order valence-electron chi connectivity index (χ0n) is 23.9. The zero-order chi connectivity index (χ0) is 30.9. The van der Waals surface area contributed by atoms with Crippen LogP contribution in [0.5, 0.6) is 5.75 Å². The van der Waals surface area contributed by atoms with Gasteiger partial charge in [0.1, 0.15) is 23.7 Å². The van der Waals surface area contributed by atoms with E-state index < -0.39 is 0 Å². The van der Waals surface area contributed by atoms with Gasteiger partial charge in [0.25, 0.3) is 5.91 Å². The van der Waals surface area contributed by atoms with Crippen LogP contribution in [0.1, 0.15) is 27.5 Å². The minimum Gasteiger partial charge on any atom is -0.491 e. The third-order valence-electron chi connectivity index (χ3n) is 7.55. The second-order valence-corrected chi connectivity index (χ2v) is 10.3. The number of imidazole rings is 1. The number of carbonyl (C=O) groups excluding carboxylic acids is 2. The summed E-state index contributed by atoms with van der Waals surface area (Å²) in [4.78, 5) is 39.1. The first-order valence-electron chi connectivity index (χ1n) is 14.2. The topological polar surface area (TPSA) is 155 Å². The fourth-order valence-electron chi connectivity index (χ4n) is 5.35. The molecule has 45 heavy (non-hydrogen) atoms. The Labute approximate surface area is 257 Å². The number of carbonyl (C=O) groups is 2. The number of amides is 2. The largest absolute Gasteiger partial charge is 0.491 e. The molecule has 0 saturated carbocycles. The lowest BCUT2D eigenvalue weighted by atomic mass is 10.0. The molecule has 222 valence electrons. The monoisotopic (exact) mass is 597 g/mol. The van der Waals surface area contributed by atoms with Gasteiger partial charge in [-0.2, -0.15) is 5.10 Å². The molecule has 0 aliphatic carbocycles. The molecule has 12 nitrogen and oxygen atoms in total. The van der Waals surface area contributed by atoms with E-state index in [0.29, 0.717) is 51.1 Å². The molecule has 0 radical (unpaired) electrons. The Kier molecular flexibility index (Phi) is 6.98. The molecule has 4 aromatic heterocycles. The average Bonchev–Trinajstić information content (AvgIpc) is 3.83. The van der Waals surface area contributed by atoms with Gasteiger partial charge < -0.3 is 21.1 Å². The maximum atomic E-state index is 13.4. The number of nitrogens with two attached hydrogens (primary N) is 1.